The Kier molecular flexibility index (Phi) is 2.19. The van der Waals surface area contributed by atoms with Crippen molar-refractivity contribution in [1.29, 1.82) is 0 Å². The van der Waals surface area contributed by atoms with Gasteiger partial charge in [0.2, 0.25) is 0 Å². The van der Waals surface area contributed by atoms with Gasteiger partial charge < -0.3 is 10.7 Å². The Morgan fingerprint density at radius 1 is 1.60 bits per heavy atom. The number of rotatable bonds is 1. The summed E-state index contributed by atoms with van der Waals surface area (Å²) in [5.74, 6) is 0. The highest BCUT2D eigenvalue weighted by molar-refractivity contribution is 7.71. The van der Waals surface area contributed by atoms with Crippen molar-refractivity contribution in [3.8, 4) is 0 Å². The largest absolute Gasteiger partial charge is 0.354 e. The highest BCUT2D eigenvalue weighted by atomic mass is 32.1. The molecule has 1 aromatic rings. The quantitative estimate of drug-likeness (QED) is 0.579. The lowest BCUT2D eigenvalue weighted by Gasteiger charge is -1.95. The maximum Gasteiger partial charge on any atom is 0.112 e. The number of quaternary nitrogens is 1. The van der Waals surface area contributed by atoms with Crippen molar-refractivity contribution in [1.82, 2.24) is 4.98 Å². The fourth-order valence-electron chi connectivity index (χ4n) is 0.799. The van der Waals surface area contributed by atoms with Gasteiger partial charge in [0.15, 0.2) is 0 Å². The monoisotopic (exact) mass is 155 g/mol. The van der Waals surface area contributed by atoms with E-state index in [0.29, 0.717) is 0 Å². The summed E-state index contributed by atoms with van der Waals surface area (Å²) in [6.45, 7) is 2.75. The standard InChI is InChI=1S/C7H10N2S/c1-5-2-3-6(4-8)7(10)9-5/h2-3H,4,8H2,1H3,(H,9,10)/p+1. The van der Waals surface area contributed by atoms with Crippen LogP contribution in [-0.4, -0.2) is 4.98 Å². The van der Waals surface area contributed by atoms with E-state index in [1.54, 1.807) is 0 Å². The van der Waals surface area contributed by atoms with E-state index >= 15 is 0 Å². The summed E-state index contributed by atoms with van der Waals surface area (Å²) in [5, 5.41) is 0. The van der Waals surface area contributed by atoms with E-state index in [-0.39, 0.29) is 0 Å². The Labute approximate surface area is 65.1 Å². The number of H-pyrrole nitrogens is 1. The molecule has 1 rings (SSSR count). The smallest absolute Gasteiger partial charge is 0.112 e. The number of hydrogen-bond donors (Lipinski definition) is 2. The molecule has 54 valence electrons. The molecule has 1 aromatic heterocycles. The third-order valence-corrected chi connectivity index (χ3v) is 1.77. The van der Waals surface area contributed by atoms with E-state index in [4.69, 9.17) is 12.2 Å². The Morgan fingerprint density at radius 3 is 2.80 bits per heavy atom. The van der Waals surface area contributed by atoms with Gasteiger partial charge in [0, 0.05) is 11.3 Å². The maximum atomic E-state index is 5.04. The minimum Gasteiger partial charge on any atom is -0.354 e. The van der Waals surface area contributed by atoms with Crippen molar-refractivity contribution in [3.05, 3.63) is 28.0 Å². The molecule has 0 aliphatic carbocycles. The second-order valence-electron chi connectivity index (χ2n) is 2.25. The molecule has 4 N–H and O–H groups in total. The van der Waals surface area contributed by atoms with Crippen LogP contribution in [0.3, 0.4) is 0 Å². The summed E-state index contributed by atoms with van der Waals surface area (Å²) in [4.78, 5) is 3.06. The minimum atomic E-state index is 0.760. The van der Waals surface area contributed by atoms with Crippen LogP contribution in [0.2, 0.25) is 0 Å². The van der Waals surface area contributed by atoms with Crippen LogP contribution in [0.4, 0.5) is 0 Å². The van der Waals surface area contributed by atoms with E-state index < -0.39 is 0 Å². The summed E-state index contributed by atoms with van der Waals surface area (Å²) in [5.41, 5.74) is 5.97. The molecule has 0 unspecified atom stereocenters. The average molecular weight is 155 g/mol. The number of pyridine rings is 1. The Hall–Kier alpha value is -0.670. The molecule has 0 amide bonds. The Bertz CT molecular complexity index is 277. The fraction of sp³-hybridized carbons (Fsp3) is 0.286. The molecule has 0 saturated carbocycles. The van der Waals surface area contributed by atoms with Gasteiger partial charge in [-0.3, -0.25) is 0 Å². The second kappa shape index (κ2) is 2.94. The number of hydrogen-bond acceptors (Lipinski definition) is 1. The zero-order valence-electron chi connectivity index (χ0n) is 5.98. The van der Waals surface area contributed by atoms with Gasteiger partial charge in [-0.2, -0.15) is 0 Å². The number of aromatic amines is 1. The summed E-state index contributed by atoms with van der Waals surface area (Å²) in [6.07, 6.45) is 0. The summed E-state index contributed by atoms with van der Waals surface area (Å²) in [6, 6.07) is 4.03. The third-order valence-electron chi connectivity index (χ3n) is 1.41. The molecule has 0 spiro atoms. The van der Waals surface area contributed by atoms with Gasteiger partial charge in [-0.05, 0) is 19.1 Å². The van der Waals surface area contributed by atoms with Crippen LogP contribution in [0, 0.1) is 11.6 Å². The van der Waals surface area contributed by atoms with Gasteiger partial charge in [-0.1, -0.05) is 12.2 Å². The zero-order valence-corrected chi connectivity index (χ0v) is 6.79. The van der Waals surface area contributed by atoms with Crippen LogP contribution in [0.1, 0.15) is 11.3 Å². The van der Waals surface area contributed by atoms with Gasteiger partial charge in [0.25, 0.3) is 0 Å². The maximum absolute atomic E-state index is 5.04. The Morgan fingerprint density at radius 2 is 2.30 bits per heavy atom. The predicted octanol–water partition coefficient (Wildman–Crippen LogP) is 0.795. The van der Waals surface area contributed by atoms with E-state index in [0.717, 1.165) is 22.4 Å². The molecular formula is C7H11N2S+. The van der Waals surface area contributed by atoms with Crippen molar-refractivity contribution >= 4 is 12.2 Å². The van der Waals surface area contributed by atoms with Crippen molar-refractivity contribution in [2.75, 3.05) is 0 Å². The molecule has 0 aliphatic heterocycles. The third kappa shape index (κ3) is 1.43. The predicted molar refractivity (Wildman–Crippen MR) is 43.0 cm³/mol. The lowest BCUT2D eigenvalue weighted by Crippen LogP contribution is -2.47. The molecule has 3 heteroatoms. The van der Waals surface area contributed by atoms with Gasteiger partial charge in [-0.15, -0.1) is 0 Å². The van der Waals surface area contributed by atoms with Crippen LogP contribution < -0.4 is 5.73 Å². The van der Waals surface area contributed by atoms with E-state index in [1.807, 2.05) is 19.1 Å². The first-order valence-electron chi connectivity index (χ1n) is 3.22. The second-order valence-corrected chi connectivity index (χ2v) is 2.65. The topological polar surface area (TPSA) is 43.4 Å². The van der Waals surface area contributed by atoms with Gasteiger partial charge >= 0.3 is 0 Å². The van der Waals surface area contributed by atoms with Crippen molar-refractivity contribution in [2.24, 2.45) is 0 Å². The van der Waals surface area contributed by atoms with Crippen LogP contribution in [0.5, 0.6) is 0 Å². The molecule has 0 bridgehead atoms. The zero-order chi connectivity index (χ0) is 7.56. The molecule has 0 radical (unpaired) electrons. The molecule has 0 saturated heterocycles. The first kappa shape index (κ1) is 7.44. The number of aromatic nitrogens is 1. The summed E-state index contributed by atoms with van der Waals surface area (Å²) >= 11 is 5.04. The van der Waals surface area contributed by atoms with Crippen molar-refractivity contribution in [3.63, 3.8) is 0 Å². The molecular weight excluding hydrogens is 144 g/mol. The van der Waals surface area contributed by atoms with E-state index in [2.05, 4.69) is 10.7 Å². The average Bonchev–Trinajstić information content (AvgIpc) is 1.88. The van der Waals surface area contributed by atoms with E-state index in [1.165, 1.54) is 0 Å². The fourth-order valence-corrected chi connectivity index (χ4v) is 1.13. The van der Waals surface area contributed by atoms with Crippen LogP contribution in [0.25, 0.3) is 0 Å². The summed E-state index contributed by atoms with van der Waals surface area (Å²) < 4.78 is 0.815. The van der Waals surface area contributed by atoms with Gasteiger partial charge in [-0.25, -0.2) is 0 Å². The highest BCUT2D eigenvalue weighted by Gasteiger charge is 1.92. The van der Waals surface area contributed by atoms with Crippen molar-refractivity contribution in [2.45, 2.75) is 13.5 Å². The first-order chi connectivity index (χ1) is 4.74. The normalized spacial score (nSPS) is 9.80. The molecule has 0 aliphatic rings. The van der Waals surface area contributed by atoms with Gasteiger partial charge in [0.05, 0.1) is 0 Å². The molecule has 2 nitrogen and oxygen atoms in total. The van der Waals surface area contributed by atoms with Gasteiger partial charge in [0.1, 0.15) is 11.2 Å². The van der Waals surface area contributed by atoms with E-state index in [9.17, 15) is 0 Å². The van der Waals surface area contributed by atoms with Crippen LogP contribution in [0.15, 0.2) is 12.1 Å². The minimum absolute atomic E-state index is 0.760. The molecule has 10 heavy (non-hydrogen) atoms. The molecule has 0 fully saturated rings. The molecule has 0 atom stereocenters. The summed E-state index contributed by atoms with van der Waals surface area (Å²) in [7, 11) is 0. The number of aryl methyl sites for hydroxylation is 1. The first-order valence-corrected chi connectivity index (χ1v) is 3.63. The lowest BCUT2D eigenvalue weighted by atomic mass is 10.2. The molecule has 0 aromatic carbocycles. The lowest BCUT2D eigenvalue weighted by molar-refractivity contribution is -0.386. The van der Waals surface area contributed by atoms with Crippen molar-refractivity contribution < 1.29 is 5.73 Å². The van der Waals surface area contributed by atoms with Crippen LogP contribution >= 0.6 is 12.2 Å². The SMILES string of the molecule is Cc1ccc(C[NH3+])c(=S)[nH]1. The van der Waals surface area contributed by atoms with Crippen LogP contribution in [-0.2, 0) is 6.54 Å². The molecule has 1 heterocycles. The Balaban J connectivity index is 3.20. The highest BCUT2D eigenvalue weighted by Crippen LogP contribution is 1.99. The number of nitrogens with one attached hydrogen (secondary N) is 1.